The van der Waals surface area contributed by atoms with E-state index in [0.29, 0.717) is 18.5 Å². The molecule has 0 aliphatic carbocycles. The van der Waals surface area contributed by atoms with Crippen LogP contribution in [0.3, 0.4) is 0 Å². The Morgan fingerprint density at radius 2 is 1.81 bits per heavy atom. The molecule has 2 aromatic carbocycles. The van der Waals surface area contributed by atoms with Crippen LogP contribution >= 0.6 is 0 Å². The molecule has 1 aliphatic rings. The fraction of sp³-hybridized carbons (Fsp3) is 0.500. The fourth-order valence-corrected chi connectivity index (χ4v) is 4.34. The van der Waals surface area contributed by atoms with Crippen LogP contribution in [0.4, 0.5) is 13.2 Å². The molecule has 0 aromatic heterocycles. The molecule has 2 aromatic rings. The van der Waals surface area contributed by atoms with Gasteiger partial charge in [0.25, 0.3) is 0 Å². The van der Waals surface area contributed by atoms with E-state index in [-0.39, 0.29) is 11.2 Å². The van der Waals surface area contributed by atoms with Crippen LogP contribution in [0, 0.1) is 0 Å². The molecule has 3 rings (SSSR count). The smallest absolute Gasteiger partial charge is 0.496 e. The molecule has 0 radical (unpaired) electrons. The molecule has 31 heavy (non-hydrogen) atoms. The third kappa shape index (κ3) is 5.33. The number of hydrogen-bond donors (Lipinski definition) is 1. The van der Waals surface area contributed by atoms with Crippen LogP contribution in [-0.4, -0.2) is 25.0 Å². The van der Waals surface area contributed by atoms with E-state index in [2.05, 4.69) is 31.6 Å². The lowest BCUT2D eigenvalue weighted by molar-refractivity contribution is -0.274. The van der Waals surface area contributed by atoms with Gasteiger partial charge in [0.2, 0.25) is 0 Å². The second-order valence-electron chi connectivity index (χ2n) is 9.21. The first kappa shape index (κ1) is 23.4. The van der Waals surface area contributed by atoms with Crippen LogP contribution in [-0.2, 0) is 17.4 Å². The molecule has 7 heteroatoms. The van der Waals surface area contributed by atoms with Crippen molar-refractivity contribution in [2.24, 2.45) is 5.84 Å². The number of ether oxygens (including phenoxy) is 2. The zero-order valence-electron chi connectivity index (χ0n) is 18.6. The molecule has 1 heterocycles. The Balaban J connectivity index is 2.08. The van der Waals surface area contributed by atoms with E-state index in [1.54, 1.807) is 18.2 Å². The highest BCUT2D eigenvalue weighted by Crippen LogP contribution is 2.42. The summed E-state index contributed by atoms with van der Waals surface area (Å²) in [6.07, 6.45) is -1.63. The second-order valence-corrected chi connectivity index (χ2v) is 9.21. The van der Waals surface area contributed by atoms with Gasteiger partial charge in [-0.1, -0.05) is 45.0 Å². The molecular weight excluding hydrogens is 405 g/mol. The zero-order chi connectivity index (χ0) is 22.9. The first-order chi connectivity index (χ1) is 14.4. The van der Waals surface area contributed by atoms with Gasteiger partial charge in [0.1, 0.15) is 11.5 Å². The Bertz CT molecular complexity index is 908. The SMILES string of the molecule is COc1ccc(C(C)(C)C)cc1CC1(c2cccc(OC(F)(F)F)c2)CCCCN1N. The molecule has 0 spiro atoms. The summed E-state index contributed by atoms with van der Waals surface area (Å²) < 4.78 is 48.3. The van der Waals surface area contributed by atoms with Crippen molar-refractivity contribution in [2.75, 3.05) is 13.7 Å². The average molecular weight is 437 g/mol. The Kier molecular flexibility index (Phi) is 6.58. The minimum absolute atomic E-state index is 0.0520. The van der Waals surface area contributed by atoms with E-state index in [4.69, 9.17) is 10.6 Å². The molecule has 0 amide bonds. The number of alkyl halides is 3. The van der Waals surface area contributed by atoms with Gasteiger partial charge in [0.05, 0.1) is 12.6 Å². The van der Waals surface area contributed by atoms with Gasteiger partial charge in [0, 0.05) is 6.54 Å². The van der Waals surface area contributed by atoms with Crippen molar-refractivity contribution in [3.63, 3.8) is 0 Å². The minimum atomic E-state index is -4.75. The van der Waals surface area contributed by atoms with Crippen molar-refractivity contribution >= 4 is 0 Å². The van der Waals surface area contributed by atoms with Crippen LogP contribution in [0.5, 0.6) is 11.5 Å². The first-order valence-corrected chi connectivity index (χ1v) is 10.5. The third-order valence-electron chi connectivity index (χ3n) is 6.02. The predicted molar refractivity (Wildman–Crippen MR) is 115 cm³/mol. The molecule has 1 saturated heterocycles. The van der Waals surface area contributed by atoms with E-state index in [1.165, 1.54) is 12.1 Å². The number of benzene rings is 2. The van der Waals surface area contributed by atoms with E-state index < -0.39 is 11.9 Å². The van der Waals surface area contributed by atoms with E-state index in [1.807, 2.05) is 18.2 Å². The quantitative estimate of drug-likeness (QED) is 0.612. The summed E-state index contributed by atoms with van der Waals surface area (Å²) in [5.74, 6) is 7.02. The van der Waals surface area contributed by atoms with Crippen LogP contribution in [0.15, 0.2) is 42.5 Å². The molecule has 4 nitrogen and oxygen atoms in total. The number of halogens is 3. The highest BCUT2D eigenvalue weighted by atomic mass is 19.4. The van der Waals surface area contributed by atoms with Crippen molar-refractivity contribution in [1.82, 2.24) is 5.01 Å². The largest absolute Gasteiger partial charge is 0.573 e. The molecule has 1 aliphatic heterocycles. The average Bonchev–Trinajstić information content (AvgIpc) is 2.68. The van der Waals surface area contributed by atoms with Gasteiger partial charge >= 0.3 is 6.36 Å². The van der Waals surface area contributed by atoms with Crippen molar-refractivity contribution in [1.29, 1.82) is 0 Å². The van der Waals surface area contributed by atoms with Gasteiger partial charge in [-0.3, -0.25) is 5.84 Å². The number of piperidine rings is 1. The minimum Gasteiger partial charge on any atom is -0.496 e. The van der Waals surface area contributed by atoms with Crippen LogP contribution < -0.4 is 15.3 Å². The normalized spacial score (nSPS) is 20.5. The summed E-state index contributed by atoms with van der Waals surface area (Å²) in [7, 11) is 1.63. The van der Waals surface area contributed by atoms with E-state index >= 15 is 0 Å². The molecular formula is C24H31F3N2O2. The summed E-state index contributed by atoms with van der Waals surface area (Å²) in [4.78, 5) is 0. The lowest BCUT2D eigenvalue weighted by atomic mass is 9.76. The number of nitrogens with two attached hydrogens (primary N) is 1. The monoisotopic (exact) mass is 436 g/mol. The lowest BCUT2D eigenvalue weighted by Crippen LogP contribution is -2.54. The topological polar surface area (TPSA) is 47.7 Å². The van der Waals surface area contributed by atoms with Crippen molar-refractivity contribution < 1.29 is 22.6 Å². The molecule has 1 fully saturated rings. The van der Waals surface area contributed by atoms with Crippen LogP contribution in [0.25, 0.3) is 0 Å². The van der Waals surface area contributed by atoms with Crippen molar-refractivity contribution in [3.05, 3.63) is 59.2 Å². The summed E-state index contributed by atoms with van der Waals surface area (Å²) >= 11 is 0. The van der Waals surface area contributed by atoms with E-state index in [0.717, 1.165) is 36.1 Å². The highest BCUT2D eigenvalue weighted by molar-refractivity contribution is 5.43. The summed E-state index contributed by atoms with van der Waals surface area (Å²) in [5.41, 5.74) is 2.14. The van der Waals surface area contributed by atoms with Crippen LogP contribution in [0.1, 0.15) is 56.7 Å². The van der Waals surface area contributed by atoms with Crippen molar-refractivity contribution in [2.45, 2.75) is 63.8 Å². The molecule has 1 unspecified atom stereocenters. The first-order valence-electron chi connectivity index (χ1n) is 10.5. The van der Waals surface area contributed by atoms with Gasteiger partial charge in [-0.15, -0.1) is 13.2 Å². The number of hydrazine groups is 1. The van der Waals surface area contributed by atoms with Gasteiger partial charge < -0.3 is 9.47 Å². The maximum atomic E-state index is 12.8. The predicted octanol–water partition coefficient (Wildman–Crippen LogP) is 5.69. The number of hydrogen-bond acceptors (Lipinski definition) is 4. The molecule has 1 atom stereocenters. The third-order valence-corrected chi connectivity index (χ3v) is 6.02. The Hall–Kier alpha value is -2.25. The fourth-order valence-electron chi connectivity index (χ4n) is 4.34. The maximum Gasteiger partial charge on any atom is 0.573 e. The Morgan fingerprint density at radius 3 is 2.42 bits per heavy atom. The maximum absolute atomic E-state index is 12.8. The van der Waals surface area contributed by atoms with Gasteiger partial charge in [0.15, 0.2) is 0 Å². The molecule has 170 valence electrons. The van der Waals surface area contributed by atoms with Gasteiger partial charge in [-0.05, 0) is 66.0 Å². The molecule has 2 N–H and O–H groups in total. The standard InChI is InChI=1S/C24H31F3N2O2/c1-22(2,3)18-10-11-21(30-4)17(14-18)16-23(12-5-6-13-29(23)28)19-8-7-9-20(15-19)31-24(25,26)27/h7-11,14-15H,5-6,12-13,16,28H2,1-4H3. The van der Waals surface area contributed by atoms with Gasteiger partial charge in [-0.25, -0.2) is 5.01 Å². The Morgan fingerprint density at radius 1 is 1.06 bits per heavy atom. The van der Waals surface area contributed by atoms with E-state index in [9.17, 15) is 13.2 Å². The summed E-state index contributed by atoms with van der Waals surface area (Å²) in [6, 6.07) is 12.3. The molecule has 0 saturated carbocycles. The lowest BCUT2D eigenvalue weighted by Gasteiger charge is -2.46. The molecule has 0 bridgehead atoms. The number of nitrogens with zero attached hydrogens (tertiary/aromatic N) is 1. The van der Waals surface area contributed by atoms with Crippen LogP contribution in [0.2, 0.25) is 0 Å². The van der Waals surface area contributed by atoms with Gasteiger partial charge in [-0.2, -0.15) is 0 Å². The number of rotatable bonds is 5. The second kappa shape index (κ2) is 8.71. The zero-order valence-corrected chi connectivity index (χ0v) is 18.6. The Labute approximate surface area is 182 Å². The summed E-state index contributed by atoms with van der Waals surface area (Å²) in [5, 5.41) is 1.77. The van der Waals surface area contributed by atoms with Crippen molar-refractivity contribution in [3.8, 4) is 11.5 Å². The highest BCUT2D eigenvalue weighted by Gasteiger charge is 2.41. The number of methoxy groups -OCH3 is 1. The summed E-state index contributed by atoms with van der Waals surface area (Å²) in [6.45, 7) is 7.08.